The lowest BCUT2D eigenvalue weighted by molar-refractivity contribution is -0.0767. The van der Waals surface area contributed by atoms with E-state index < -0.39 is 0 Å². The van der Waals surface area contributed by atoms with Crippen LogP contribution in [0.4, 0.5) is 0 Å². The van der Waals surface area contributed by atoms with Crippen molar-refractivity contribution in [3.8, 4) is 0 Å². The fraction of sp³-hybridized carbons (Fsp3) is 1.00. The Labute approximate surface area is 112 Å². The lowest BCUT2D eigenvalue weighted by atomic mass is 9.77. The highest BCUT2D eigenvalue weighted by Crippen LogP contribution is 2.37. The van der Waals surface area contributed by atoms with Crippen molar-refractivity contribution in [2.75, 3.05) is 39.8 Å². The maximum absolute atomic E-state index is 5.63. The third-order valence-electron chi connectivity index (χ3n) is 4.73. The molecule has 0 unspecified atom stereocenters. The molecule has 2 fully saturated rings. The van der Waals surface area contributed by atoms with Crippen molar-refractivity contribution in [2.24, 2.45) is 0 Å². The molecule has 3 heteroatoms. The average molecular weight is 254 g/mol. The summed E-state index contributed by atoms with van der Waals surface area (Å²) in [6.07, 6.45) is 10.6. The largest absolute Gasteiger partial charge is 0.378 e. The summed E-state index contributed by atoms with van der Waals surface area (Å²) in [6.45, 7) is 6.21. The minimum atomic E-state index is 0.236. The molecule has 0 radical (unpaired) electrons. The van der Waals surface area contributed by atoms with Crippen LogP contribution in [0.3, 0.4) is 0 Å². The first-order valence-corrected chi connectivity index (χ1v) is 7.83. The van der Waals surface area contributed by atoms with Gasteiger partial charge in [-0.1, -0.05) is 6.42 Å². The molecule has 1 saturated carbocycles. The Bertz CT molecular complexity index is 217. The molecule has 18 heavy (non-hydrogen) atoms. The van der Waals surface area contributed by atoms with Gasteiger partial charge in [-0.3, -0.25) is 0 Å². The van der Waals surface area contributed by atoms with Gasteiger partial charge in [0.05, 0.1) is 5.60 Å². The summed E-state index contributed by atoms with van der Waals surface area (Å²) in [5, 5.41) is 3.58. The number of nitrogens with one attached hydrogen (secondary N) is 1. The zero-order valence-corrected chi connectivity index (χ0v) is 12.0. The molecule has 2 rings (SSSR count). The van der Waals surface area contributed by atoms with Crippen LogP contribution in [-0.4, -0.2) is 50.3 Å². The Balaban J connectivity index is 1.43. The van der Waals surface area contributed by atoms with E-state index in [0.29, 0.717) is 0 Å². The van der Waals surface area contributed by atoms with Crippen molar-refractivity contribution in [2.45, 2.75) is 57.0 Å². The molecule has 1 N–H and O–H groups in total. The first kappa shape index (κ1) is 14.3. The quantitative estimate of drug-likeness (QED) is 0.673. The Kier molecular flexibility index (Phi) is 5.93. The SMILES string of the molecule is COC1(CCNCCCN2CCCCC2)CCC1. The van der Waals surface area contributed by atoms with Crippen LogP contribution in [-0.2, 0) is 4.74 Å². The van der Waals surface area contributed by atoms with Crippen LogP contribution >= 0.6 is 0 Å². The molecule has 0 amide bonds. The molecular weight excluding hydrogens is 224 g/mol. The third-order valence-corrected chi connectivity index (χ3v) is 4.73. The Hall–Kier alpha value is -0.120. The molecule has 0 bridgehead atoms. The minimum absolute atomic E-state index is 0.236. The standard InChI is InChI=1S/C15H30N2O/c1-18-15(7-5-8-15)9-11-16-10-6-14-17-12-3-2-4-13-17/h16H,2-14H2,1H3. The molecule has 0 aromatic carbocycles. The maximum atomic E-state index is 5.63. The predicted molar refractivity (Wildman–Crippen MR) is 76.0 cm³/mol. The molecule has 1 saturated heterocycles. The van der Waals surface area contributed by atoms with Crippen LogP contribution in [0.2, 0.25) is 0 Å². The normalized spacial score (nSPS) is 23.8. The van der Waals surface area contributed by atoms with E-state index in [9.17, 15) is 0 Å². The van der Waals surface area contributed by atoms with Crippen molar-refractivity contribution in [3.05, 3.63) is 0 Å². The van der Waals surface area contributed by atoms with Crippen molar-refractivity contribution < 1.29 is 4.74 Å². The molecule has 0 spiro atoms. The third kappa shape index (κ3) is 4.22. The Morgan fingerprint density at radius 3 is 2.44 bits per heavy atom. The first-order valence-electron chi connectivity index (χ1n) is 7.83. The second-order valence-electron chi connectivity index (χ2n) is 6.00. The first-order chi connectivity index (χ1) is 8.85. The van der Waals surface area contributed by atoms with Gasteiger partial charge in [0, 0.05) is 7.11 Å². The highest BCUT2D eigenvalue weighted by atomic mass is 16.5. The number of rotatable bonds is 8. The van der Waals surface area contributed by atoms with Crippen molar-refractivity contribution in [1.82, 2.24) is 10.2 Å². The maximum Gasteiger partial charge on any atom is 0.0690 e. The van der Waals surface area contributed by atoms with Crippen LogP contribution < -0.4 is 5.32 Å². The summed E-state index contributed by atoms with van der Waals surface area (Å²) in [4.78, 5) is 2.62. The predicted octanol–water partition coefficient (Wildman–Crippen LogP) is 2.41. The summed E-state index contributed by atoms with van der Waals surface area (Å²) in [7, 11) is 1.87. The highest BCUT2D eigenvalue weighted by molar-refractivity contribution is 4.89. The van der Waals surface area contributed by atoms with Crippen LogP contribution in [0.5, 0.6) is 0 Å². The molecule has 0 aromatic heterocycles. The molecule has 1 heterocycles. The molecular formula is C15H30N2O. The zero-order valence-electron chi connectivity index (χ0n) is 12.0. The topological polar surface area (TPSA) is 24.5 Å². The molecule has 1 aliphatic heterocycles. The lowest BCUT2D eigenvalue weighted by Crippen LogP contribution is -2.42. The number of hydrogen-bond acceptors (Lipinski definition) is 3. The number of hydrogen-bond donors (Lipinski definition) is 1. The van der Waals surface area contributed by atoms with E-state index in [1.165, 1.54) is 71.0 Å². The van der Waals surface area contributed by atoms with Crippen LogP contribution in [0, 0.1) is 0 Å². The van der Waals surface area contributed by atoms with Crippen molar-refractivity contribution in [3.63, 3.8) is 0 Å². The average Bonchev–Trinajstić information content (AvgIpc) is 2.37. The van der Waals surface area contributed by atoms with Crippen LogP contribution in [0.1, 0.15) is 51.4 Å². The second-order valence-corrected chi connectivity index (χ2v) is 6.00. The van der Waals surface area contributed by atoms with E-state index in [-0.39, 0.29) is 5.60 Å². The van der Waals surface area contributed by atoms with Crippen LogP contribution in [0.15, 0.2) is 0 Å². The fourth-order valence-electron chi connectivity index (χ4n) is 3.18. The van der Waals surface area contributed by atoms with Gasteiger partial charge in [-0.25, -0.2) is 0 Å². The summed E-state index contributed by atoms with van der Waals surface area (Å²) >= 11 is 0. The molecule has 0 atom stereocenters. The van der Waals surface area contributed by atoms with Gasteiger partial charge in [0.15, 0.2) is 0 Å². The second kappa shape index (κ2) is 7.46. The monoisotopic (exact) mass is 254 g/mol. The Morgan fingerprint density at radius 1 is 1.06 bits per heavy atom. The van der Waals surface area contributed by atoms with E-state index in [1.54, 1.807) is 0 Å². The van der Waals surface area contributed by atoms with Gasteiger partial charge in [-0.2, -0.15) is 0 Å². The van der Waals surface area contributed by atoms with E-state index in [1.807, 2.05) is 7.11 Å². The molecule has 1 aliphatic carbocycles. The summed E-state index contributed by atoms with van der Waals surface area (Å²) in [6, 6.07) is 0. The van der Waals surface area contributed by atoms with E-state index >= 15 is 0 Å². The highest BCUT2D eigenvalue weighted by Gasteiger charge is 2.35. The number of nitrogens with zero attached hydrogens (tertiary/aromatic N) is 1. The smallest absolute Gasteiger partial charge is 0.0690 e. The Morgan fingerprint density at radius 2 is 1.83 bits per heavy atom. The van der Waals surface area contributed by atoms with Gasteiger partial charge in [-0.15, -0.1) is 0 Å². The molecule has 0 aromatic rings. The van der Waals surface area contributed by atoms with Crippen molar-refractivity contribution in [1.29, 1.82) is 0 Å². The number of methoxy groups -OCH3 is 1. The van der Waals surface area contributed by atoms with E-state index in [4.69, 9.17) is 4.74 Å². The van der Waals surface area contributed by atoms with E-state index in [0.717, 1.165) is 13.1 Å². The number of piperidine rings is 1. The van der Waals surface area contributed by atoms with Crippen LogP contribution in [0.25, 0.3) is 0 Å². The zero-order chi connectivity index (χ0) is 12.7. The van der Waals surface area contributed by atoms with Gasteiger partial charge < -0.3 is 15.0 Å². The van der Waals surface area contributed by atoms with Gasteiger partial charge in [0.2, 0.25) is 0 Å². The molecule has 106 valence electrons. The summed E-state index contributed by atoms with van der Waals surface area (Å²) in [5.74, 6) is 0. The summed E-state index contributed by atoms with van der Waals surface area (Å²) < 4.78 is 5.63. The molecule has 2 aliphatic rings. The summed E-state index contributed by atoms with van der Waals surface area (Å²) in [5.41, 5.74) is 0.236. The number of ether oxygens (including phenoxy) is 1. The van der Waals surface area contributed by atoms with Gasteiger partial charge >= 0.3 is 0 Å². The lowest BCUT2D eigenvalue weighted by Gasteiger charge is -2.40. The molecule has 3 nitrogen and oxygen atoms in total. The van der Waals surface area contributed by atoms with Gasteiger partial charge in [0.1, 0.15) is 0 Å². The minimum Gasteiger partial charge on any atom is -0.378 e. The van der Waals surface area contributed by atoms with E-state index in [2.05, 4.69) is 10.2 Å². The fourth-order valence-corrected chi connectivity index (χ4v) is 3.18. The number of likely N-dealkylation sites (tertiary alicyclic amines) is 1. The van der Waals surface area contributed by atoms with Crippen molar-refractivity contribution >= 4 is 0 Å². The van der Waals surface area contributed by atoms with Gasteiger partial charge in [-0.05, 0) is 77.7 Å². The van der Waals surface area contributed by atoms with Gasteiger partial charge in [0.25, 0.3) is 0 Å².